The molecule has 2 aromatic rings. The highest BCUT2D eigenvalue weighted by Gasteiger charge is 2.13. The third-order valence-electron chi connectivity index (χ3n) is 3.79. The minimum atomic E-state index is -0.138. The summed E-state index contributed by atoms with van der Waals surface area (Å²) in [7, 11) is 0. The zero-order chi connectivity index (χ0) is 16.8. The molecule has 1 saturated heterocycles. The normalized spacial score (nSPS) is 15.2. The maximum absolute atomic E-state index is 12.5. The van der Waals surface area contributed by atoms with E-state index in [4.69, 9.17) is 4.74 Å². The van der Waals surface area contributed by atoms with E-state index in [2.05, 4.69) is 36.1 Å². The zero-order valence-electron chi connectivity index (χ0n) is 13.2. The summed E-state index contributed by atoms with van der Waals surface area (Å²) in [5.41, 5.74) is 0.925. The average molecular weight is 391 g/mol. The number of hydrogen-bond donors (Lipinski definition) is 1. The SMILES string of the molecule is O=C(c1cncc(Br)c1)c1cccc(NCCN2CCOCC2)n1. The van der Waals surface area contributed by atoms with Gasteiger partial charge in [-0.25, -0.2) is 4.98 Å². The molecule has 24 heavy (non-hydrogen) atoms. The van der Waals surface area contributed by atoms with Gasteiger partial charge in [-0.15, -0.1) is 0 Å². The van der Waals surface area contributed by atoms with Crippen molar-refractivity contribution >= 4 is 27.5 Å². The molecule has 0 aliphatic carbocycles. The summed E-state index contributed by atoms with van der Waals surface area (Å²) in [4.78, 5) is 23.3. The van der Waals surface area contributed by atoms with Crippen LogP contribution < -0.4 is 5.32 Å². The van der Waals surface area contributed by atoms with Crippen molar-refractivity contribution in [3.05, 3.63) is 52.4 Å². The molecule has 126 valence electrons. The Morgan fingerprint density at radius 3 is 2.92 bits per heavy atom. The Bertz CT molecular complexity index is 704. The van der Waals surface area contributed by atoms with Crippen molar-refractivity contribution in [3.63, 3.8) is 0 Å². The number of anilines is 1. The Hall–Kier alpha value is -1.83. The molecule has 3 rings (SSSR count). The molecule has 1 fully saturated rings. The van der Waals surface area contributed by atoms with E-state index in [-0.39, 0.29) is 5.78 Å². The van der Waals surface area contributed by atoms with E-state index >= 15 is 0 Å². The summed E-state index contributed by atoms with van der Waals surface area (Å²) in [6.07, 6.45) is 3.20. The minimum Gasteiger partial charge on any atom is -0.379 e. The Balaban J connectivity index is 1.60. The molecule has 1 aliphatic heterocycles. The topological polar surface area (TPSA) is 67.4 Å². The predicted octanol–water partition coefficient (Wildman–Crippen LogP) is 2.21. The van der Waals surface area contributed by atoms with Gasteiger partial charge in [-0.1, -0.05) is 6.07 Å². The van der Waals surface area contributed by atoms with Crippen LogP contribution in [0.4, 0.5) is 5.82 Å². The zero-order valence-corrected chi connectivity index (χ0v) is 14.8. The molecule has 0 atom stereocenters. The van der Waals surface area contributed by atoms with Crippen LogP contribution in [0.25, 0.3) is 0 Å². The van der Waals surface area contributed by atoms with Gasteiger partial charge in [0.1, 0.15) is 11.5 Å². The van der Waals surface area contributed by atoms with Crippen LogP contribution in [-0.4, -0.2) is 60.0 Å². The van der Waals surface area contributed by atoms with Gasteiger partial charge in [-0.3, -0.25) is 14.7 Å². The fraction of sp³-hybridized carbons (Fsp3) is 0.353. The lowest BCUT2D eigenvalue weighted by Crippen LogP contribution is -2.39. The smallest absolute Gasteiger partial charge is 0.213 e. The van der Waals surface area contributed by atoms with Crippen LogP contribution in [0, 0.1) is 0 Å². The quantitative estimate of drug-likeness (QED) is 0.762. The lowest BCUT2D eigenvalue weighted by molar-refractivity contribution is 0.0398. The highest BCUT2D eigenvalue weighted by molar-refractivity contribution is 9.10. The van der Waals surface area contributed by atoms with Crippen LogP contribution in [0.1, 0.15) is 16.1 Å². The molecule has 1 N–H and O–H groups in total. The second-order valence-electron chi connectivity index (χ2n) is 5.51. The van der Waals surface area contributed by atoms with Gasteiger partial charge in [0.25, 0.3) is 0 Å². The van der Waals surface area contributed by atoms with Gasteiger partial charge in [-0.2, -0.15) is 0 Å². The Labute approximate surface area is 149 Å². The summed E-state index contributed by atoms with van der Waals surface area (Å²) >= 11 is 3.33. The van der Waals surface area contributed by atoms with Gasteiger partial charge >= 0.3 is 0 Å². The van der Waals surface area contributed by atoms with Crippen LogP contribution in [0.5, 0.6) is 0 Å². The van der Waals surface area contributed by atoms with Crippen molar-refractivity contribution in [3.8, 4) is 0 Å². The second kappa shape index (κ2) is 8.32. The lowest BCUT2D eigenvalue weighted by Gasteiger charge is -2.26. The fourth-order valence-corrected chi connectivity index (χ4v) is 2.88. The number of carbonyl (C=O) groups is 1. The summed E-state index contributed by atoms with van der Waals surface area (Å²) < 4.78 is 6.11. The highest BCUT2D eigenvalue weighted by atomic mass is 79.9. The van der Waals surface area contributed by atoms with E-state index in [0.717, 1.165) is 43.9 Å². The van der Waals surface area contributed by atoms with Crippen molar-refractivity contribution in [1.29, 1.82) is 0 Å². The van der Waals surface area contributed by atoms with Crippen molar-refractivity contribution < 1.29 is 9.53 Å². The van der Waals surface area contributed by atoms with E-state index < -0.39 is 0 Å². The number of nitrogens with one attached hydrogen (secondary N) is 1. The lowest BCUT2D eigenvalue weighted by atomic mass is 10.1. The molecule has 7 heteroatoms. The Morgan fingerprint density at radius 2 is 2.12 bits per heavy atom. The van der Waals surface area contributed by atoms with Crippen molar-refractivity contribution in [2.75, 3.05) is 44.7 Å². The number of aromatic nitrogens is 2. The molecule has 0 bridgehead atoms. The summed E-state index contributed by atoms with van der Waals surface area (Å²) in [5, 5.41) is 3.28. The maximum atomic E-state index is 12.5. The van der Waals surface area contributed by atoms with Gasteiger partial charge in [0.2, 0.25) is 5.78 Å². The molecule has 1 aliphatic rings. The molecule has 0 radical (unpaired) electrons. The molecule has 3 heterocycles. The van der Waals surface area contributed by atoms with Crippen LogP contribution in [0.2, 0.25) is 0 Å². The van der Waals surface area contributed by atoms with Gasteiger partial charge in [0.05, 0.1) is 13.2 Å². The maximum Gasteiger partial charge on any atom is 0.213 e. The van der Waals surface area contributed by atoms with Gasteiger partial charge in [0, 0.05) is 48.6 Å². The average Bonchev–Trinajstić information content (AvgIpc) is 2.62. The third-order valence-corrected chi connectivity index (χ3v) is 4.22. The van der Waals surface area contributed by atoms with Crippen LogP contribution in [0.15, 0.2) is 41.1 Å². The molecule has 0 spiro atoms. The molecule has 0 saturated carbocycles. The summed E-state index contributed by atoms with van der Waals surface area (Å²) in [5.74, 6) is 0.567. The monoisotopic (exact) mass is 390 g/mol. The third kappa shape index (κ3) is 4.59. The molecule has 0 aromatic carbocycles. The standard InChI is InChI=1S/C17H19BrN4O2/c18-14-10-13(11-19-12-14)17(23)15-2-1-3-16(21-15)20-4-5-22-6-8-24-9-7-22/h1-3,10-12H,4-9H2,(H,20,21). The van der Waals surface area contributed by atoms with Crippen LogP contribution >= 0.6 is 15.9 Å². The number of pyridine rings is 2. The number of rotatable bonds is 6. The van der Waals surface area contributed by atoms with Crippen molar-refractivity contribution in [1.82, 2.24) is 14.9 Å². The number of morpholine rings is 1. The van der Waals surface area contributed by atoms with Crippen LogP contribution in [-0.2, 0) is 4.74 Å². The summed E-state index contributed by atoms with van der Waals surface area (Å²) in [6, 6.07) is 7.17. The number of nitrogens with zero attached hydrogens (tertiary/aromatic N) is 3. The number of halogens is 1. The largest absolute Gasteiger partial charge is 0.379 e. The number of ketones is 1. The van der Waals surface area contributed by atoms with Gasteiger partial charge < -0.3 is 10.1 Å². The van der Waals surface area contributed by atoms with Gasteiger partial charge in [-0.05, 0) is 34.1 Å². The molecule has 2 aromatic heterocycles. The molecule has 0 amide bonds. The minimum absolute atomic E-state index is 0.138. The number of ether oxygens (including phenoxy) is 1. The Morgan fingerprint density at radius 1 is 1.29 bits per heavy atom. The van der Waals surface area contributed by atoms with Crippen LogP contribution in [0.3, 0.4) is 0 Å². The first-order valence-electron chi connectivity index (χ1n) is 7.89. The number of carbonyl (C=O) groups excluding carboxylic acids is 1. The van der Waals surface area contributed by atoms with E-state index in [1.165, 1.54) is 0 Å². The fourth-order valence-electron chi connectivity index (χ4n) is 2.51. The second-order valence-corrected chi connectivity index (χ2v) is 6.43. The van der Waals surface area contributed by atoms with Crippen molar-refractivity contribution in [2.24, 2.45) is 0 Å². The first-order valence-corrected chi connectivity index (χ1v) is 8.68. The first-order chi connectivity index (χ1) is 11.7. The molecule has 0 unspecified atom stereocenters. The Kier molecular flexibility index (Phi) is 5.90. The number of hydrogen-bond acceptors (Lipinski definition) is 6. The molecular weight excluding hydrogens is 372 g/mol. The highest BCUT2D eigenvalue weighted by Crippen LogP contribution is 2.14. The van der Waals surface area contributed by atoms with E-state index in [0.29, 0.717) is 17.1 Å². The van der Waals surface area contributed by atoms with E-state index in [9.17, 15) is 4.79 Å². The van der Waals surface area contributed by atoms with Crippen molar-refractivity contribution in [2.45, 2.75) is 0 Å². The first kappa shape index (κ1) is 17.0. The van der Waals surface area contributed by atoms with E-state index in [1.807, 2.05) is 12.1 Å². The molecular formula is C17H19BrN4O2. The van der Waals surface area contributed by atoms with Gasteiger partial charge in [0.15, 0.2) is 0 Å². The molecule has 6 nitrogen and oxygen atoms in total. The summed E-state index contributed by atoms with van der Waals surface area (Å²) in [6.45, 7) is 5.22. The predicted molar refractivity (Wildman–Crippen MR) is 95.4 cm³/mol. The van der Waals surface area contributed by atoms with E-state index in [1.54, 1.807) is 24.5 Å².